The SMILES string of the molecule is CCOC(=O)C(N)(CN(C)C1CC1)C1CC1. The maximum Gasteiger partial charge on any atom is 0.327 e. The summed E-state index contributed by atoms with van der Waals surface area (Å²) < 4.78 is 5.12. The number of carbonyl (C=O) groups is 1. The van der Waals surface area contributed by atoms with Crippen molar-refractivity contribution >= 4 is 5.97 Å². The molecule has 4 nitrogen and oxygen atoms in total. The van der Waals surface area contributed by atoms with Crippen LogP contribution < -0.4 is 5.73 Å². The maximum atomic E-state index is 12.0. The lowest BCUT2D eigenvalue weighted by atomic mass is 9.94. The van der Waals surface area contributed by atoms with Gasteiger partial charge in [0.05, 0.1) is 6.61 Å². The fraction of sp³-hybridized carbons (Fsp3) is 0.917. The number of esters is 1. The lowest BCUT2D eigenvalue weighted by Crippen LogP contribution is -2.58. The fourth-order valence-corrected chi connectivity index (χ4v) is 2.28. The molecule has 0 bridgehead atoms. The number of hydrogen-bond donors (Lipinski definition) is 1. The maximum absolute atomic E-state index is 12.0. The molecule has 2 saturated carbocycles. The minimum atomic E-state index is -0.770. The van der Waals surface area contributed by atoms with Crippen molar-refractivity contribution in [3.8, 4) is 0 Å². The van der Waals surface area contributed by atoms with E-state index in [9.17, 15) is 4.79 Å². The summed E-state index contributed by atoms with van der Waals surface area (Å²) in [5.41, 5.74) is 5.51. The summed E-state index contributed by atoms with van der Waals surface area (Å²) in [4.78, 5) is 14.2. The van der Waals surface area contributed by atoms with Crippen molar-refractivity contribution < 1.29 is 9.53 Å². The van der Waals surface area contributed by atoms with Gasteiger partial charge in [-0.05, 0) is 45.6 Å². The number of rotatable bonds is 6. The molecule has 0 aliphatic heterocycles. The summed E-state index contributed by atoms with van der Waals surface area (Å²) in [5, 5.41) is 0. The van der Waals surface area contributed by atoms with Crippen molar-refractivity contribution in [1.82, 2.24) is 4.90 Å². The zero-order valence-electron chi connectivity index (χ0n) is 10.2. The Kier molecular flexibility index (Phi) is 3.22. The van der Waals surface area contributed by atoms with E-state index >= 15 is 0 Å². The lowest BCUT2D eigenvalue weighted by molar-refractivity contribution is -0.151. The van der Waals surface area contributed by atoms with Gasteiger partial charge in [-0.2, -0.15) is 0 Å². The number of likely N-dealkylation sites (N-methyl/N-ethyl adjacent to an activating group) is 1. The van der Waals surface area contributed by atoms with E-state index < -0.39 is 5.54 Å². The van der Waals surface area contributed by atoms with Crippen molar-refractivity contribution in [2.24, 2.45) is 11.7 Å². The molecule has 0 aromatic carbocycles. The molecule has 0 aromatic heterocycles. The van der Waals surface area contributed by atoms with Crippen LogP contribution in [-0.4, -0.2) is 42.6 Å². The average molecular weight is 226 g/mol. The average Bonchev–Trinajstić information content (AvgIpc) is 3.05. The Hall–Kier alpha value is -0.610. The summed E-state index contributed by atoms with van der Waals surface area (Å²) in [6, 6.07) is 0.635. The van der Waals surface area contributed by atoms with Crippen LogP contribution in [0.4, 0.5) is 0 Å². The molecule has 0 radical (unpaired) electrons. The Bertz CT molecular complexity index is 274. The fourth-order valence-electron chi connectivity index (χ4n) is 2.28. The summed E-state index contributed by atoms with van der Waals surface area (Å²) in [5.74, 6) is 0.109. The number of carbonyl (C=O) groups excluding carboxylic acids is 1. The molecule has 0 heterocycles. The van der Waals surface area contributed by atoms with Gasteiger partial charge in [0.25, 0.3) is 0 Å². The van der Waals surface area contributed by atoms with E-state index in [1.165, 1.54) is 12.8 Å². The van der Waals surface area contributed by atoms with E-state index in [2.05, 4.69) is 11.9 Å². The molecule has 92 valence electrons. The van der Waals surface area contributed by atoms with E-state index in [0.29, 0.717) is 25.1 Å². The highest BCUT2D eigenvalue weighted by Crippen LogP contribution is 2.40. The minimum Gasteiger partial charge on any atom is -0.465 e. The monoisotopic (exact) mass is 226 g/mol. The smallest absolute Gasteiger partial charge is 0.327 e. The first-order valence-corrected chi connectivity index (χ1v) is 6.24. The first kappa shape index (κ1) is 11.9. The van der Waals surface area contributed by atoms with E-state index in [4.69, 9.17) is 10.5 Å². The second-order valence-corrected chi connectivity index (χ2v) is 5.18. The Morgan fingerprint density at radius 2 is 2.06 bits per heavy atom. The molecule has 2 aliphatic carbocycles. The summed E-state index contributed by atoms with van der Waals surface area (Å²) in [6.45, 7) is 2.88. The second kappa shape index (κ2) is 4.34. The Morgan fingerprint density at radius 1 is 1.44 bits per heavy atom. The van der Waals surface area contributed by atoms with Gasteiger partial charge in [0, 0.05) is 12.6 Å². The number of ether oxygens (including phenoxy) is 1. The predicted octanol–water partition coefficient (Wildman–Crippen LogP) is 0.751. The van der Waals surface area contributed by atoms with Crippen LogP contribution >= 0.6 is 0 Å². The molecule has 16 heavy (non-hydrogen) atoms. The third-order valence-corrected chi connectivity index (χ3v) is 3.64. The predicted molar refractivity (Wildman–Crippen MR) is 61.9 cm³/mol. The van der Waals surface area contributed by atoms with Crippen LogP contribution in [0.1, 0.15) is 32.6 Å². The van der Waals surface area contributed by atoms with Crippen molar-refractivity contribution in [3.05, 3.63) is 0 Å². The molecule has 0 saturated heterocycles. The normalized spacial score (nSPS) is 24.2. The zero-order valence-corrected chi connectivity index (χ0v) is 10.2. The lowest BCUT2D eigenvalue weighted by Gasteiger charge is -2.31. The molecule has 2 aliphatic rings. The Balaban J connectivity index is 1.98. The van der Waals surface area contributed by atoms with Crippen molar-refractivity contribution in [3.63, 3.8) is 0 Å². The molecule has 0 aromatic rings. The van der Waals surface area contributed by atoms with Gasteiger partial charge in [-0.3, -0.25) is 0 Å². The van der Waals surface area contributed by atoms with Crippen molar-refractivity contribution in [2.45, 2.75) is 44.2 Å². The Morgan fingerprint density at radius 3 is 2.50 bits per heavy atom. The summed E-state index contributed by atoms with van der Waals surface area (Å²) in [6.07, 6.45) is 4.60. The van der Waals surface area contributed by atoms with Gasteiger partial charge >= 0.3 is 5.97 Å². The molecular weight excluding hydrogens is 204 g/mol. The van der Waals surface area contributed by atoms with E-state index in [1.807, 2.05) is 6.92 Å². The number of nitrogens with two attached hydrogens (primary N) is 1. The van der Waals surface area contributed by atoms with Gasteiger partial charge < -0.3 is 15.4 Å². The van der Waals surface area contributed by atoms with Gasteiger partial charge in [-0.1, -0.05) is 0 Å². The highest BCUT2D eigenvalue weighted by molar-refractivity contribution is 5.82. The standard InChI is InChI=1S/C12H22N2O2/c1-3-16-11(15)12(13,9-4-5-9)8-14(2)10-6-7-10/h9-10H,3-8,13H2,1-2H3. The molecule has 2 N–H and O–H groups in total. The third kappa shape index (κ3) is 2.38. The highest BCUT2D eigenvalue weighted by atomic mass is 16.5. The topological polar surface area (TPSA) is 55.6 Å². The van der Waals surface area contributed by atoms with Crippen LogP contribution in [0.2, 0.25) is 0 Å². The minimum absolute atomic E-state index is 0.218. The first-order valence-electron chi connectivity index (χ1n) is 6.24. The van der Waals surface area contributed by atoms with Crippen LogP contribution in [0, 0.1) is 5.92 Å². The molecule has 0 spiro atoms. The highest BCUT2D eigenvalue weighted by Gasteiger charge is 2.50. The molecule has 1 atom stereocenters. The van der Waals surface area contributed by atoms with Gasteiger partial charge in [-0.25, -0.2) is 4.79 Å². The summed E-state index contributed by atoms with van der Waals surface area (Å²) >= 11 is 0. The zero-order chi connectivity index (χ0) is 11.8. The van der Waals surface area contributed by atoms with E-state index in [1.54, 1.807) is 0 Å². The van der Waals surface area contributed by atoms with Gasteiger partial charge in [-0.15, -0.1) is 0 Å². The van der Waals surface area contributed by atoms with Crippen LogP contribution in [0.15, 0.2) is 0 Å². The van der Waals surface area contributed by atoms with Gasteiger partial charge in [0.15, 0.2) is 0 Å². The van der Waals surface area contributed by atoms with Gasteiger partial charge in [0.1, 0.15) is 5.54 Å². The molecule has 2 fully saturated rings. The Labute approximate surface area is 97.1 Å². The molecule has 4 heteroatoms. The second-order valence-electron chi connectivity index (χ2n) is 5.18. The van der Waals surface area contributed by atoms with E-state index in [-0.39, 0.29) is 5.97 Å². The van der Waals surface area contributed by atoms with Crippen molar-refractivity contribution in [1.29, 1.82) is 0 Å². The van der Waals surface area contributed by atoms with Crippen molar-refractivity contribution in [2.75, 3.05) is 20.2 Å². The van der Waals surface area contributed by atoms with Crippen LogP contribution in [0.5, 0.6) is 0 Å². The largest absolute Gasteiger partial charge is 0.465 e. The third-order valence-electron chi connectivity index (χ3n) is 3.64. The van der Waals surface area contributed by atoms with E-state index in [0.717, 1.165) is 12.8 Å². The van der Waals surface area contributed by atoms with Crippen LogP contribution in [-0.2, 0) is 9.53 Å². The molecule has 2 rings (SSSR count). The number of hydrogen-bond acceptors (Lipinski definition) is 4. The number of nitrogens with zero attached hydrogens (tertiary/aromatic N) is 1. The molecule has 0 amide bonds. The van der Waals surface area contributed by atoms with Crippen LogP contribution in [0.3, 0.4) is 0 Å². The summed E-state index contributed by atoms with van der Waals surface area (Å²) in [7, 11) is 2.06. The molecular formula is C12H22N2O2. The van der Waals surface area contributed by atoms with Gasteiger partial charge in [0.2, 0.25) is 0 Å². The molecule has 1 unspecified atom stereocenters. The first-order chi connectivity index (χ1) is 7.58. The quantitative estimate of drug-likeness (QED) is 0.679. The van der Waals surface area contributed by atoms with Crippen LogP contribution in [0.25, 0.3) is 0 Å².